The first-order chi connectivity index (χ1) is 8.71. The number of carboxylic acid groups (broad SMARTS) is 1. The molecule has 0 amide bonds. The number of nitrogens with one attached hydrogen (secondary N) is 1. The summed E-state index contributed by atoms with van der Waals surface area (Å²) in [4.78, 5) is 10.7. The summed E-state index contributed by atoms with van der Waals surface area (Å²) >= 11 is 0. The molecule has 0 saturated heterocycles. The average molecular weight is 263 g/mol. The SMILES string of the molecule is Cc1cc(C(C)(C)C)ccc1CNCC(C)C(=O)O. The average Bonchev–Trinajstić information content (AvgIpc) is 2.29. The normalized spacial score (nSPS) is 13.3. The van der Waals surface area contributed by atoms with Crippen LogP contribution < -0.4 is 5.32 Å². The second-order valence-electron chi connectivity index (χ2n) is 6.26. The van der Waals surface area contributed by atoms with Crippen molar-refractivity contribution < 1.29 is 9.90 Å². The van der Waals surface area contributed by atoms with Gasteiger partial charge in [-0.25, -0.2) is 0 Å². The smallest absolute Gasteiger partial charge is 0.307 e. The predicted molar refractivity (Wildman–Crippen MR) is 78.4 cm³/mol. The number of hydrogen-bond acceptors (Lipinski definition) is 2. The molecule has 19 heavy (non-hydrogen) atoms. The molecule has 0 saturated carbocycles. The molecule has 1 aromatic carbocycles. The van der Waals surface area contributed by atoms with E-state index in [9.17, 15) is 4.79 Å². The third-order valence-corrected chi connectivity index (χ3v) is 3.40. The standard InChI is InChI=1S/C16H25NO2/c1-11-8-14(16(3,4)5)7-6-13(11)10-17-9-12(2)15(18)19/h6-8,12,17H,9-10H2,1-5H3,(H,18,19). The maximum Gasteiger partial charge on any atom is 0.307 e. The first-order valence-electron chi connectivity index (χ1n) is 6.75. The highest BCUT2D eigenvalue weighted by Crippen LogP contribution is 2.24. The van der Waals surface area contributed by atoms with Crippen LogP contribution in [0.3, 0.4) is 0 Å². The van der Waals surface area contributed by atoms with Gasteiger partial charge >= 0.3 is 5.97 Å². The molecule has 106 valence electrons. The minimum Gasteiger partial charge on any atom is -0.481 e. The summed E-state index contributed by atoms with van der Waals surface area (Å²) in [6.45, 7) is 11.6. The zero-order valence-corrected chi connectivity index (χ0v) is 12.6. The van der Waals surface area contributed by atoms with Gasteiger partial charge in [0, 0.05) is 13.1 Å². The summed E-state index contributed by atoms with van der Waals surface area (Å²) in [5.74, 6) is -1.11. The van der Waals surface area contributed by atoms with Gasteiger partial charge in [-0.05, 0) is 29.0 Å². The molecule has 3 nitrogen and oxygen atoms in total. The summed E-state index contributed by atoms with van der Waals surface area (Å²) in [7, 11) is 0. The molecule has 1 atom stereocenters. The van der Waals surface area contributed by atoms with Crippen LogP contribution in [0, 0.1) is 12.8 Å². The van der Waals surface area contributed by atoms with Gasteiger partial charge in [-0.1, -0.05) is 45.9 Å². The van der Waals surface area contributed by atoms with Gasteiger partial charge in [-0.3, -0.25) is 4.79 Å². The Bertz CT molecular complexity index is 447. The Kier molecular flexibility index (Phi) is 5.12. The van der Waals surface area contributed by atoms with Crippen molar-refractivity contribution in [3.05, 3.63) is 34.9 Å². The van der Waals surface area contributed by atoms with Crippen molar-refractivity contribution in [3.8, 4) is 0 Å². The van der Waals surface area contributed by atoms with E-state index in [-0.39, 0.29) is 11.3 Å². The van der Waals surface area contributed by atoms with Crippen molar-refractivity contribution in [3.63, 3.8) is 0 Å². The number of aliphatic carboxylic acids is 1. The van der Waals surface area contributed by atoms with Crippen LogP contribution in [0.2, 0.25) is 0 Å². The molecule has 0 radical (unpaired) electrons. The van der Waals surface area contributed by atoms with Crippen molar-refractivity contribution in [1.82, 2.24) is 5.32 Å². The molecule has 1 aromatic rings. The lowest BCUT2D eigenvalue weighted by Gasteiger charge is -2.20. The highest BCUT2D eigenvalue weighted by molar-refractivity contribution is 5.69. The van der Waals surface area contributed by atoms with Crippen molar-refractivity contribution in [1.29, 1.82) is 0 Å². The van der Waals surface area contributed by atoms with Crippen LogP contribution in [0.1, 0.15) is 44.4 Å². The van der Waals surface area contributed by atoms with Crippen LogP contribution in [0.25, 0.3) is 0 Å². The van der Waals surface area contributed by atoms with Gasteiger partial charge in [0.15, 0.2) is 0 Å². The fourth-order valence-electron chi connectivity index (χ4n) is 1.87. The molecule has 2 N–H and O–H groups in total. The first-order valence-corrected chi connectivity index (χ1v) is 6.75. The van der Waals surface area contributed by atoms with E-state index in [0.29, 0.717) is 13.1 Å². The van der Waals surface area contributed by atoms with Gasteiger partial charge in [0.05, 0.1) is 5.92 Å². The maximum atomic E-state index is 10.7. The van der Waals surface area contributed by atoms with E-state index in [0.717, 1.165) is 0 Å². The number of aryl methyl sites for hydroxylation is 1. The second-order valence-corrected chi connectivity index (χ2v) is 6.26. The zero-order valence-electron chi connectivity index (χ0n) is 12.6. The molecular weight excluding hydrogens is 238 g/mol. The number of carbonyl (C=O) groups is 1. The summed E-state index contributed by atoms with van der Waals surface area (Å²) in [5, 5.41) is 12.0. The molecule has 3 heteroatoms. The number of rotatable bonds is 5. The second kappa shape index (κ2) is 6.20. The Hall–Kier alpha value is -1.35. The van der Waals surface area contributed by atoms with Gasteiger partial charge in [0.25, 0.3) is 0 Å². The Balaban J connectivity index is 2.63. The molecular formula is C16H25NO2. The van der Waals surface area contributed by atoms with Crippen LogP contribution in [-0.2, 0) is 16.8 Å². The third kappa shape index (κ3) is 4.67. The van der Waals surface area contributed by atoms with Crippen LogP contribution >= 0.6 is 0 Å². The summed E-state index contributed by atoms with van der Waals surface area (Å²) in [5.41, 5.74) is 3.97. The number of benzene rings is 1. The summed E-state index contributed by atoms with van der Waals surface area (Å²) in [6.07, 6.45) is 0. The topological polar surface area (TPSA) is 49.3 Å². The van der Waals surface area contributed by atoms with Gasteiger partial charge in [-0.15, -0.1) is 0 Å². The van der Waals surface area contributed by atoms with Gasteiger partial charge in [0.2, 0.25) is 0 Å². The van der Waals surface area contributed by atoms with E-state index in [1.54, 1.807) is 6.92 Å². The van der Waals surface area contributed by atoms with Crippen molar-refractivity contribution in [2.24, 2.45) is 5.92 Å². The predicted octanol–water partition coefficient (Wildman–Crippen LogP) is 3.10. The summed E-state index contributed by atoms with van der Waals surface area (Å²) in [6, 6.07) is 6.51. The van der Waals surface area contributed by atoms with Crippen LogP contribution in [0.15, 0.2) is 18.2 Å². The molecule has 0 heterocycles. The lowest BCUT2D eigenvalue weighted by molar-refractivity contribution is -0.140. The van der Waals surface area contributed by atoms with E-state index in [1.807, 2.05) is 0 Å². The number of hydrogen-bond donors (Lipinski definition) is 2. The Morgan fingerprint density at radius 2 is 2.00 bits per heavy atom. The van der Waals surface area contributed by atoms with Crippen molar-refractivity contribution in [2.45, 2.75) is 46.6 Å². The highest BCUT2D eigenvalue weighted by atomic mass is 16.4. The van der Waals surface area contributed by atoms with E-state index in [4.69, 9.17) is 5.11 Å². The maximum absolute atomic E-state index is 10.7. The van der Waals surface area contributed by atoms with Crippen LogP contribution in [0.5, 0.6) is 0 Å². The van der Waals surface area contributed by atoms with Crippen molar-refractivity contribution in [2.75, 3.05) is 6.54 Å². The molecule has 0 aliphatic heterocycles. The lowest BCUT2D eigenvalue weighted by atomic mass is 9.85. The highest BCUT2D eigenvalue weighted by Gasteiger charge is 2.14. The molecule has 1 rings (SSSR count). The molecule has 0 fully saturated rings. The first kappa shape index (κ1) is 15.7. The summed E-state index contributed by atoms with van der Waals surface area (Å²) < 4.78 is 0. The Morgan fingerprint density at radius 1 is 1.37 bits per heavy atom. The molecule has 0 aliphatic carbocycles. The fraction of sp³-hybridized carbons (Fsp3) is 0.562. The van der Waals surface area contributed by atoms with E-state index >= 15 is 0 Å². The third-order valence-electron chi connectivity index (χ3n) is 3.40. The zero-order chi connectivity index (χ0) is 14.6. The molecule has 0 aliphatic rings. The monoisotopic (exact) mass is 263 g/mol. The van der Waals surface area contributed by atoms with E-state index < -0.39 is 5.97 Å². The van der Waals surface area contributed by atoms with E-state index in [2.05, 4.69) is 51.2 Å². The van der Waals surface area contributed by atoms with Gasteiger partial charge in [-0.2, -0.15) is 0 Å². The van der Waals surface area contributed by atoms with Crippen LogP contribution in [0.4, 0.5) is 0 Å². The fourth-order valence-corrected chi connectivity index (χ4v) is 1.87. The quantitative estimate of drug-likeness (QED) is 0.858. The largest absolute Gasteiger partial charge is 0.481 e. The minimum absolute atomic E-state index is 0.161. The Morgan fingerprint density at radius 3 is 2.47 bits per heavy atom. The van der Waals surface area contributed by atoms with Gasteiger partial charge in [0.1, 0.15) is 0 Å². The molecule has 1 unspecified atom stereocenters. The molecule has 0 bridgehead atoms. The van der Waals surface area contributed by atoms with Crippen LogP contribution in [-0.4, -0.2) is 17.6 Å². The number of carboxylic acids is 1. The molecule has 0 aromatic heterocycles. The Labute approximate surface area is 116 Å². The lowest BCUT2D eigenvalue weighted by Crippen LogP contribution is -2.26. The van der Waals surface area contributed by atoms with E-state index in [1.165, 1.54) is 16.7 Å². The van der Waals surface area contributed by atoms with Crippen molar-refractivity contribution >= 4 is 5.97 Å². The van der Waals surface area contributed by atoms with Gasteiger partial charge < -0.3 is 10.4 Å². The minimum atomic E-state index is -0.757. The molecule has 0 spiro atoms.